The third-order valence-corrected chi connectivity index (χ3v) is 4.93. The third-order valence-electron chi connectivity index (χ3n) is 4.93. The predicted molar refractivity (Wildman–Crippen MR) is 57.6 cm³/mol. The van der Waals surface area contributed by atoms with Crippen molar-refractivity contribution in [1.29, 1.82) is 0 Å². The largest absolute Gasteiger partial charge is 0.361 e. The van der Waals surface area contributed by atoms with Gasteiger partial charge >= 0.3 is 0 Å². The van der Waals surface area contributed by atoms with Crippen LogP contribution in [0.15, 0.2) is 0 Å². The Hall–Kier alpha value is -0.370. The molecule has 0 amide bonds. The Kier molecular flexibility index (Phi) is 1.87. The van der Waals surface area contributed by atoms with Crippen molar-refractivity contribution >= 4 is 5.78 Å². The monoisotopic (exact) mass is 208 g/mol. The molecule has 0 aromatic heterocycles. The van der Waals surface area contributed by atoms with Gasteiger partial charge in [-0.2, -0.15) is 0 Å². The van der Waals surface area contributed by atoms with Crippen LogP contribution < -0.4 is 0 Å². The second-order valence-corrected chi connectivity index (χ2v) is 6.09. The summed E-state index contributed by atoms with van der Waals surface area (Å²) in [5.74, 6) is 1.53. The second-order valence-electron chi connectivity index (χ2n) is 6.09. The number of Topliss-reactive ketones (excluding diaryl/α,β-unsaturated/α-hetero) is 1. The third kappa shape index (κ3) is 1.17. The summed E-state index contributed by atoms with van der Waals surface area (Å²) < 4.78 is 6.23. The van der Waals surface area contributed by atoms with E-state index in [-0.39, 0.29) is 11.2 Å². The van der Waals surface area contributed by atoms with E-state index in [4.69, 9.17) is 4.74 Å². The van der Waals surface area contributed by atoms with Crippen LogP contribution in [0.2, 0.25) is 0 Å². The van der Waals surface area contributed by atoms with Gasteiger partial charge in [0.05, 0.1) is 5.60 Å². The van der Waals surface area contributed by atoms with Crippen molar-refractivity contribution in [2.24, 2.45) is 11.8 Å². The maximum Gasteiger partial charge on any atom is 0.164 e. The van der Waals surface area contributed by atoms with E-state index >= 15 is 0 Å². The van der Waals surface area contributed by atoms with Crippen molar-refractivity contribution in [2.75, 3.05) is 0 Å². The molecule has 2 unspecified atom stereocenters. The number of fused-ring (bicyclic) bond motifs is 1. The van der Waals surface area contributed by atoms with Crippen molar-refractivity contribution in [1.82, 2.24) is 0 Å². The molecule has 3 fully saturated rings. The fourth-order valence-corrected chi connectivity index (χ4v) is 4.04. The first-order chi connectivity index (χ1) is 7.05. The van der Waals surface area contributed by atoms with Crippen LogP contribution in [0.5, 0.6) is 0 Å². The molecular formula is C13H20O2. The maximum atomic E-state index is 12.2. The summed E-state index contributed by atoms with van der Waals surface area (Å²) in [5.41, 5.74) is -0.424. The molecule has 1 aliphatic heterocycles. The normalized spacial score (nSPS) is 47.7. The molecule has 15 heavy (non-hydrogen) atoms. The maximum absolute atomic E-state index is 12.2. The molecule has 2 bridgehead atoms. The van der Waals surface area contributed by atoms with Gasteiger partial charge in [0.2, 0.25) is 0 Å². The Morgan fingerprint density at radius 2 is 1.93 bits per heavy atom. The van der Waals surface area contributed by atoms with Crippen LogP contribution in [0, 0.1) is 11.8 Å². The minimum atomic E-state index is -0.356. The van der Waals surface area contributed by atoms with Gasteiger partial charge in [0.1, 0.15) is 5.60 Å². The molecule has 1 spiro atoms. The lowest BCUT2D eigenvalue weighted by atomic mass is 9.64. The lowest BCUT2D eigenvalue weighted by molar-refractivity contribution is -0.164. The molecule has 2 heteroatoms. The summed E-state index contributed by atoms with van der Waals surface area (Å²) >= 11 is 0. The molecule has 0 aromatic carbocycles. The Morgan fingerprint density at radius 1 is 1.20 bits per heavy atom. The van der Waals surface area contributed by atoms with E-state index in [1.165, 1.54) is 19.3 Å². The molecule has 2 aliphatic carbocycles. The molecule has 2 nitrogen and oxygen atoms in total. The van der Waals surface area contributed by atoms with Crippen LogP contribution in [-0.4, -0.2) is 17.0 Å². The van der Waals surface area contributed by atoms with E-state index in [9.17, 15) is 4.79 Å². The highest BCUT2D eigenvalue weighted by Crippen LogP contribution is 2.56. The Morgan fingerprint density at radius 3 is 2.73 bits per heavy atom. The lowest BCUT2D eigenvalue weighted by Gasteiger charge is -2.41. The van der Waals surface area contributed by atoms with Gasteiger partial charge in [0.25, 0.3) is 0 Å². The number of carbonyl (C=O) groups excluding carboxylic acids is 1. The Bertz CT molecular complexity index is 308. The number of hydrogen-bond donors (Lipinski definition) is 0. The van der Waals surface area contributed by atoms with Gasteiger partial charge < -0.3 is 4.74 Å². The number of hydrogen-bond acceptors (Lipinski definition) is 2. The van der Waals surface area contributed by atoms with Gasteiger partial charge in [-0.1, -0.05) is 0 Å². The molecule has 0 N–H and O–H groups in total. The van der Waals surface area contributed by atoms with Crippen molar-refractivity contribution in [3.63, 3.8) is 0 Å². The van der Waals surface area contributed by atoms with Crippen LogP contribution in [0.3, 0.4) is 0 Å². The summed E-state index contributed by atoms with van der Waals surface area (Å²) in [7, 11) is 0. The fourth-order valence-electron chi connectivity index (χ4n) is 4.04. The molecule has 0 aromatic rings. The highest BCUT2D eigenvalue weighted by Gasteiger charge is 2.61. The molecule has 3 atom stereocenters. The highest BCUT2D eigenvalue weighted by atomic mass is 16.5. The quantitative estimate of drug-likeness (QED) is 0.612. The average molecular weight is 208 g/mol. The Balaban J connectivity index is 2.00. The van der Waals surface area contributed by atoms with Crippen LogP contribution in [0.1, 0.15) is 52.4 Å². The van der Waals surface area contributed by atoms with Gasteiger partial charge in [-0.15, -0.1) is 0 Å². The minimum Gasteiger partial charge on any atom is -0.361 e. The van der Waals surface area contributed by atoms with E-state index in [2.05, 4.69) is 13.8 Å². The predicted octanol–water partition coefficient (Wildman–Crippen LogP) is 2.70. The van der Waals surface area contributed by atoms with Gasteiger partial charge in [0.15, 0.2) is 5.78 Å². The topological polar surface area (TPSA) is 26.3 Å². The van der Waals surface area contributed by atoms with Gasteiger partial charge in [-0.25, -0.2) is 0 Å². The van der Waals surface area contributed by atoms with Crippen LogP contribution >= 0.6 is 0 Å². The Labute approximate surface area is 91.4 Å². The van der Waals surface area contributed by atoms with Gasteiger partial charge in [-0.05, 0) is 57.8 Å². The molecule has 1 heterocycles. The van der Waals surface area contributed by atoms with Gasteiger partial charge in [-0.3, -0.25) is 4.79 Å². The minimum absolute atomic E-state index is 0.0677. The highest BCUT2D eigenvalue weighted by molar-refractivity contribution is 5.89. The van der Waals surface area contributed by atoms with Crippen molar-refractivity contribution in [3.8, 4) is 0 Å². The molecule has 0 radical (unpaired) electrons. The first-order valence-corrected chi connectivity index (χ1v) is 6.28. The first kappa shape index (κ1) is 9.83. The van der Waals surface area contributed by atoms with Crippen molar-refractivity contribution in [3.05, 3.63) is 0 Å². The fraction of sp³-hybridized carbons (Fsp3) is 0.923. The van der Waals surface area contributed by atoms with E-state index < -0.39 is 0 Å². The average Bonchev–Trinajstić information content (AvgIpc) is 2.38. The summed E-state index contributed by atoms with van der Waals surface area (Å²) in [6.45, 7) is 4.33. The number of rotatable bonds is 0. The number of ether oxygens (including phenoxy) is 1. The second kappa shape index (κ2) is 2.85. The van der Waals surface area contributed by atoms with Crippen LogP contribution in [-0.2, 0) is 9.53 Å². The lowest BCUT2D eigenvalue weighted by Crippen LogP contribution is -2.50. The molecule has 3 rings (SSSR count). The smallest absolute Gasteiger partial charge is 0.164 e. The van der Waals surface area contributed by atoms with Crippen LogP contribution in [0.25, 0.3) is 0 Å². The summed E-state index contributed by atoms with van der Waals surface area (Å²) in [5, 5.41) is 0. The summed E-state index contributed by atoms with van der Waals surface area (Å²) in [6, 6.07) is 0. The van der Waals surface area contributed by atoms with E-state index in [0.717, 1.165) is 19.3 Å². The van der Waals surface area contributed by atoms with E-state index in [1.54, 1.807) is 0 Å². The molecule has 1 saturated heterocycles. The first-order valence-electron chi connectivity index (χ1n) is 6.28. The molecule has 84 valence electrons. The SMILES string of the molecule is CC1(C)OC23C[C@H]1CCC2CCCC3=O. The summed E-state index contributed by atoms with van der Waals surface area (Å²) in [6.07, 6.45) is 6.50. The zero-order valence-corrected chi connectivity index (χ0v) is 9.71. The standard InChI is InChI=1S/C13H20O2/c1-12(2)10-7-6-9-4-3-5-11(14)13(9,8-10)15-12/h9-10H,3-8H2,1-2H3/t9?,10-,13?/m1/s1. The zero-order valence-electron chi connectivity index (χ0n) is 9.71. The van der Waals surface area contributed by atoms with Crippen LogP contribution in [0.4, 0.5) is 0 Å². The van der Waals surface area contributed by atoms with Crippen molar-refractivity contribution < 1.29 is 9.53 Å². The van der Waals surface area contributed by atoms with Gasteiger partial charge in [0, 0.05) is 6.42 Å². The number of ketones is 1. The molecule has 2 saturated carbocycles. The molecule has 3 aliphatic rings. The van der Waals surface area contributed by atoms with Crippen molar-refractivity contribution in [2.45, 2.75) is 63.6 Å². The van der Waals surface area contributed by atoms with E-state index in [1.807, 2.05) is 0 Å². The van der Waals surface area contributed by atoms with E-state index in [0.29, 0.717) is 17.6 Å². The molecular weight excluding hydrogens is 188 g/mol. The summed E-state index contributed by atoms with van der Waals surface area (Å²) in [4.78, 5) is 12.2. The number of carbonyl (C=O) groups is 1. The zero-order chi connectivity index (χ0) is 10.7.